The smallest absolute Gasteiger partial charge is 0.164 e. The molecule has 4 unspecified atom stereocenters. The number of halogens is 2. The monoisotopic (exact) mass is 254 g/mol. The Morgan fingerprint density at radius 3 is 2.67 bits per heavy atom. The van der Waals surface area contributed by atoms with Crippen LogP contribution in [0.1, 0.15) is 36.5 Å². The van der Waals surface area contributed by atoms with Gasteiger partial charge in [-0.2, -0.15) is 0 Å². The topological polar surface area (TPSA) is 29.5 Å². The van der Waals surface area contributed by atoms with Gasteiger partial charge in [0.05, 0.1) is 18.3 Å². The number of benzene rings is 1. The summed E-state index contributed by atoms with van der Waals surface area (Å²) in [7, 11) is 0. The average molecular weight is 254 g/mol. The van der Waals surface area contributed by atoms with Gasteiger partial charge in [-0.3, -0.25) is 0 Å². The third-order valence-corrected chi connectivity index (χ3v) is 4.18. The summed E-state index contributed by atoms with van der Waals surface area (Å²) in [5.41, 5.74) is 0.312. The Labute approximate surface area is 105 Å². The van der Waals surface area contributed by atoms with Crippen molar-refractivity contribution < 1.29 is 18.6 Å². The fourth-order valence-electron chi connectivity index (χ4n) is 3.13. The molecule has 0 aliphatic carbocycles. The quantitative estimate of drug-likeness (QED) is 0.879. The molecule has 2 nitrogen and oxygen atoms in total. The highest BCUT2D eigenvalue weighted by atomic mass is 19.2. The molecular formula is C14H16F2O2. The first-order chi connectivity index (χ1) is 8.58. The molecule has 2 aliphatic heterocycles. The minimum atomic E-state index is -0.976. The van der Waals surface area contributed by atoms with Gasteiger partial charge in [0.25, 0.3) is 0 Å². The standard InChI is InChI=1S/C14H16F2O2/c1-7-2-4-9(13(16)12(7)15)14(17)10-6-8-3-5-11(10)18-8/h2,4,8,10-11,14,17H,3,5-6H2,1H3. The Bertz CT molecular complexity index is 475. The molecule has 1 N–H and O–H groups in total. The lowest BCUT2D eigenvalue weighted by molar-refractivity contribution is 0.0403. The molecule has 18 heavy (non-hydrogen) atoms. The van der Waals surface area contributed by atoms with Crippen LogP contribution in [0.15, 0.2) is 12.1 Å². The Morgan fingerprint density at radius 2 is 2.06 bits per heavy atom. The largest absolute Gasteiger partial charge is 0.388 e. The highest BCUT2D eigenvalue weighted by Gasteiger charge is 2.45. The van der Waals surface area contributed by atoms with Gasteiger partial charge in [-0.1, -0.05) is 12.1 Å². The highest BCUT2D eigenvalue weighted by molar-refractivity contribution is 5.28. The van der Waals surface area contributed by atoms with Gasteiger partial charge in [0, 0.05) is 11.5 Å². The van der Waals surface area contributed by atoms with Crippen molar-refractivity contribution in [2.45, 2.75) is 44.5 Å². The zero-order valence-electron chi connectivity index (χ0n) is 10.2. The van der Waals surface area contributed by atoms with E-state index in [1.54, 1.807) is 0 Å². The first kappa shape index (κ1) is 12.1. The number of ether oxygens (including phenoxy) is 1. The number of rotatable bonds is 2. The highest BCUT2D eigenvalue weighted by Crippen LogP contribution is 2.45. The first-order valence-corrected chi connectivity index (χ1v) is 6.36. The second-order valence-electron chi connectivity index (χ2n) is 5.32. The molecule has 0 radical (unpaired) electrons. The summed E-state index contributed by atoms with van der Waals surface area (Å²) in [6.07, 6.45) is 1.86. The molecule has 1 aromatic rings. The summed E-state index contributed by atoms with van der Waals surface area (Å²) in [6.45, 7) is 1.51. The molecule has 4 atom stereocenters. The molecule has 1 aromatic carbocycles. The molecule has 2 heterocycles. The van der Waals surface area contributed by atoms with Crippen LogP contribution in [0.4, 0.5) is 8.78 Å². The minimum Gasteiger partial charge on any atom is -0.388 e. The zero-order valence-corrected chi connectivity index (χ0v) is 10.2. The van der Waals surface area contributed by atoms with E-state index in [2.05, 4.69) is 0 Å². The van der Waals surface area contributed by atoms with Crippen LogP contribution in [-0.4, -0.2) is 17.3 Å². The Kier molecular flexibility index (Phi) is 2.87. The van der Waals surface area contributed by atoms with Gasteiger partial charge >= 0.3 is 0 Å². The van der Waals surface area contributed by atoms with Gasteiger partial charge in [-0.15, -0.1) is 0 Å². The molecule has 0 amide bonds. The number of hydrogen-bond donors (Lipinski definition) is 1. The third-order valence-electron chi connectivity index (χ3n) is 4.18. The summed E-state index contributed by atoms with van der Waals surface area (Å²) >= 11 is 0. The van der Waals surface area contributed by atoms with Crippen molar-refractivity contribution in [2.24, 2.45) is 5.92 Å². The maximum Gasteiger partial charge on any atom is 0.164 e. The van der Waals surface area contributed by atoms with Crippen LogP contribution in [0.3, 0.4) is 0 Å². The van der Waals surface area contributed by atoms with Crippen LogP contribution >= 0.6 is 0 Å². The molecule has 0 aromatic heterocycles. The van der Waals surface area contributed by atoms with Crippen molar-refractivity contribution in [1.82, 2.24) is 0 Å². The molecule has 0 spiro atoms. The van der Waals surface area contributed by atoms with Gasteiger partial charge in [-0.05, 0) is 31.7 Å². The SMILES string of the molecule is Cc1ccc(C(O)C2CC3CCC2O3)c(F)c1F. The van der Waals surface area contributed by atoms with E-state index in [4.69, 9.17) is 4.74 Å². The fourth-order valence-corrected chi connectivity index (χ4v) is 3.13. The molecule has 2 bridgehead atoms. The molecule has 2 fully saturated rings. The molecule has 0 saturated carbocycles. The van der Waals surface area contributed by atoms with Gasteiger partial charge in [-0.25, -0.2) is 8.78 Å². The Hall–Kier alpha value is -1.00. The van der Waals surface area contributed by atoms with E-state index in [1.165, 1.54) is 19.1 Å². The average Bonchev–Trinajstić information content (AvgIpc) is 2.97. The number of aliphatic hydroxyl groups is 1. The zero-order chi connectivity index (χ0) is 12.9. The lowest BCUT2D eigenvalue weighted by atomic mass is 9.82. The van der Waals surface area contributed by atoms with Crippen LogP contribution in [-0.2, 0) is 4.74 Å². The minimum absolute atomic E-state index is 0.00577. The van der Waals surface area contributed by atoms with E-state index in [1.807, 2.05) is 0 Å². The van der Waals surface area contributed by atoms with E-state index in [9.17, 15) is 13.9 Å². The van der Waals surface area contributed by atoms with Gasteiger partial charge in [0.15, 0.2) is 11.6 Å². The summed E-state index contributed by atoms with van der Waals surface area (Å²) in [6, 6.07) is 2.98. The lowest BCUT2D eigenvalue weighted by Crippen LogP contribution is -2.24. The van der Waals surface area contributed by atoms with Crippen LogP contribution in [0.25, 0.3) is 0 Å². The van der Waals surface area contributed by atoms with E-state index >= 15 is 0 Å². The van der Waals surface area contributed by atoms with E-state index in [0.29, 0.717) is 0 Å². The predicted molar refractivity (Wildman–Crippen MR) is 62.1 cm³/mol. The summed E-state index contributed by atoms with van der Waals surface area (Å²) in [5.74, 6) is -1.90. The molecule has 2 saturated heterocycles. The van der Waals surface area contributed by atoms with E-state index in [0.717, 1.165) is 19.3 Å². The van der Waals surface area contributed by atoms with Crippen molar-refractivity contribution in [3.05, 3.63) is 34.9 Å². The second-order valence-corrected chi connectivity index (χ2v) is 5.32. The van der Waals surface area contributed by atoms with E-state index < -0.39 is 17.7 Å². The van der Waals surface area contributed by atoms with Gasteiger partial charge in [0.1, 0.15) is 0 Å². The van der Waals surface area contributed by atoms with Crippen molar-refractivity contribution in [3.63, 3.8) is 0 Å². The van der Waals surface area contributed by atoms with Gasteiger partial charge < -0.3 is 9.84 Å². The molecule has 3 rings (SSSR count). The molecule has 2 aliphatic rings. The van der Waals surface area contributed by atoms with Crippen LogP contribution in [0.5, 0.6) is 0 Å². The maximum atomic E-state index is 13.8. The second kappa shape index (κ2) is 4.28. The van der Waals surface area contributed by atoms with Crippen molar-refractivity contribution in [3.8, 4) is 0 Å². The molecule has 98 valence electrons. The van der Waals surface area contributed by atoms with Crippen molar-refractivity contribution >= 4 is 0 Å². The normalized spacial score (nSPS) is 31.9. The van der Waals surface area contributed by atoms with Gasteiger partial charge in [0.2, 0.25) is 0 Å². The maximum absolute atomic E-state index is 13.8. The Morgan fingerprint density at radius 1 is 1.28 bits per heavy atom. The first-order valence-electron chi connectivity index (χ1n) is 6.36. The number of fused-ring (bicyclic) bond motifs is 2. The van der Waals surface area contributed by atoms with Crippen LogP contribution in [0, 0.1) is 24.5 Å². The van der Waals surface area contributed by atoms with E-state index in [-0.39, 0.29) is 29.3 Å². The fraction of sp³-hybridized carbons (Fsp3) is 0.571. The molecular weight excluding hydrogens is 238 g/mol. The third kappa shape index (κ3) is 1.75. The van der Waals surface area contributed by atoms with Crippen molar-refractivity contribution in [2.75, 3.05) is 0 Å². The number of aliphatic hydroxyl groups excluding tert-OH is 1. The summed E-state index contributed by atoms with van der Waals surface area (Å²) in [5, 5.41) is 10.3. The number of aryl methyl sites for hydroxylation is 1. The molecule has 4 heteroatoms. The summed E-state index contributed by atoms with van der Waals surface area (Å²) in [4.78, 5) is 0. The summed E-state index contributed by atoms with van der Waals surface area (Å²) < 4.78 is 33.0. The van der Waals surface area contributed by atoms with Crippen LogP contribution in [0.2, 0.25) is 0 Å². The van der Waals surface area contributed by atoms with Crippen molar-refractivity contribution in [1.29, 1.82) is 0 Å². The van der Waals surface area contributed by atoms with Crippen LogP contribution < -0.4 is 0 Å². The lowest BCUT2D eigenvalue weighted by Gasteiger charge is -2.25. The number of hydrogen-bond acceptors (Lipinski definition) is 2. The predicted octanol–water partition coefficient (Wildman–Crippen LogP) is 2.87. The Balaban J connectivity index is 1.89.